The Morgan fingerprint density at radius 2 is 1.92 bits per heavy atom. The standard InChI is InChI=1S/C19H21N3O2/c1-2-3-10-22(12-18(20)23)19(24)17-11-15-14-7-5-4-6-13(14)8-9-16(15)21-17/h4-9,11,21H,2-3,10,12H2,1H3,(H2,20,23). The molecule has 0 atom stereocenters. The van der Waals surface area contributed by atoms with Crippen molar-refractivity contribution in [1.82, 2.24) is 9.88 Å². The first kappa shape index (κ1) is 16.1. The summed E-state index contributed by atoms with van der Waals surface area (Å²) in [4.78, 5) is 28.7. The number of benzene rings is 2. The molecule has 3 N–H and O–H groups in total. The Labute approximate surface area is 140 Å². The molecule has 5 nitrogen and oxygen atoms in total. The van der Waals surface area contributed by atoms with Gasteiger partial charge in [0.1, 0.15) is 5.69 Å². The van der Waals surface area contributed by atoms with Gasteiger partial charge in [0, 0.05) is 17.4 Å². The van der Waals surface area contributed by atoms with Gasteiger partial charge >= 0.3 is 0 Å². The summed E-state index contributed by atoms with van der Waals surface area (Å²) in [6, 6.07) is 13.9. The molecule has 2 aromatic carbocycles. The summed E-state index contributed by atoms with van der Waals surface area (Å²) in [5.74, 6) is -0.691. The van der Waals surface area contributed by atoms with Crippen molar-refractivity contribution in [2.24, 2.45) is 5.73 Å². The van der Waals surface area contributed by atoms with Crippen LogP contribution < -0.4 is 5.73 Å². The molecule has 0 saturated carbocycles. The molecule has 24 heavy (non-hydrogen) atoms. The van der Waals surface area contributed by atoms with Crippen LogP contribution in [0.15, 0.2) is 42.5 Å². The summed E-state index contributed by atoms with van der Waals surface area (Å²) in [5.41, 5.74) is 6.68. The highest BCUT2D eigenvalue weighted by Crippen LogP contribution is 2.26. The first-order valence-corrected chi connectivity index (χ1v) is 8.18. The van der Waals surface area contributed by atoms with Crippen molar-refractivity contribution >= 4 is 33.5 Å². The van der Waals surface area contributed by atoms with E-state index in [1.807, 2.05) is 49.4 Å². The Bertz CT molecular complexity index is 898. The third-order valence-corrected chi connectivity index (χ3v) is 4.17. The zero-order chi connectivity index (χ0) is 17.1. The minimum Gasteiger partial charge on any atom is -0.368 e. The Balaban J connectivity index is 1.99. The van der Waals surface area contributed by atoms with E-state index >= 15 is 0 Å². The Morgan fingerprint density at radius 1 is 1.12 bits per heavy atom. The normalized spacial score (nSPS) is 11.0. The molecule has 3 rings (SSSR count). The lowest BCUT2D eigenvalue weighted by Crippen LogP contribution is -2.39. The zero-order valence-electron chi connectivity index (χ0n) is 13.7. The van der Waals surface area contributed by atoms with E-state index in [2.05, 4.69) is 4.98 Å². The van der Waals surface area contributed by atoms with Crippen LogP contribution in [0.1, 0.15) is 30.3 Å². The van der Waals surface area contributed by atoms with E-state index in [9.17, 15) is 9.59 Å². The van der Waals surface area contributed by atoms with Crippen molar-refractivity contribution < 1.29 is 9.59 Å². The topological polar surface area (TPSA) is 79.2 Å². The smallest absolute Gasteiger partial charge is 0.270 e. The number of primary amides is 1. The molecule has 5 heteroatoms. The van der Waals surface area contributed by atoms with Gasteiger partial charge in [-0.15, -0.1) is 0 Å². The van der Waals surface area contributed by atoms with E-state index < -0.39 is 5.91 Å². The highest BCUT2D eigenvalue weighted by atomic mass is 16.2. The highest BCUT2D eigenvalue weighted by Gasteiger charge is 2.19. The van der Waals surface area contributed by atoms with E-state index in [0.29, 0.717) is 12.2 Å². The van der Waals surface area contributed by atoms with Crippen LogP contribution in [-0.4, -0.2) is 34.8 Å². The number of aromatic amines is 1. The summed E-state index contributed by atoms with van der Waals surface area (Å²) in [6.07, 6.45) is 1.78. The van der Waals surface area contributed by atoms with Gasteiger partial charge in [0.25, 0.3) is 5.91 Å². The molecule has 2 amide bonds. The first-order chi connectivity index (χ1) is 11.6. The van der Waals surface area contributed by atoms with Gasteiger partial charge < -0.3 is 15.6 Å². The molecular formula is C19H21N3O2. The Kier molecular flexibility index (Phi) is 4.51. The second kappa shape index (κ2) is 6.74. The molecule has 0 radical (unpaired) electrons. The van der Waals surface area contributed by atoms with Gasteiger partial charge in [0.2, 0.25) is 5.91 Å². The number of fused-ring (bicyclic) bond motifs is 3. The molecule has 0 unspecified atom stereocenters. The predicted molar refractivity (Wildman–Crippen MR) is 95.8 cm³/mol. The van der Waals surface area contributed by atoms with Gasteiger partial charge in [0.05, 0.1) is 6.54 Å². The molecule has 0 saturated heterocycles. The third kappa shape index (κ3) is 3.11. The zero-order valence-corrected chi connectivity index (χ0v) is 13.7. The minimum atomic E-state index is -0.499. The molecule has 1 heterocycles. The molecule has 124 valence electrons. The molecule has 0 spiro atoms. The van der Waals surface area contributed by atoms with E-state index in [0.717, 1.165) is 34.5 Å². The Hall–Kier alpha value is -2.82. The van der Waals surface area contributed by atoms with E-state index in [4.69, 9.17) is 5.73 Å². The van der Waals surface area contributed by atoms with Gasteiger partial charge in [0.15, 0.2) is 0 Å². The van der Waals surface area contributed by atoms with E-state index in [-0.39, 0.29) is 12.5 Å². The largest absolute Gasteiger partial charge is 0.368 e. The molecule has 3 aromatic rings. The predicted octanol–water partition coefficient (Wildman–Crippen LogP) is 3.05. The molecule has 1 aromatic heterocycles. The number of unbranched alkanes of at least 4 members (excludes halogenated alkanes) is 1. The molecule has 0 bridgehead atoms. The summed E-state index contributed by atoms with van der Waals surface area (Å²) in [6.45, 7) is 2.51. The van der Waals surface area contributed by atoms with Crippen LogP contribution in [0.4, 0.5) is 0 Å². The number of carbonyl (C=O) groups excluding carboxylic acids is 2. The number of carbonyl (C=O) groups is 2. The Morgan fingerprint density at radius 3 is 2.67 bits per heavy atom. The number of nitrogens with two attached hydrogens (primary N) is 1. The van der Waals surface area contributed by atoms with Crippen LogP contribution in [0.2, 0.25) is 0 Å². The number of nitrogens with zero attached hydrogens (tertiary/aromatic N) is 1. The fourth-order valence-corrected chi connectivity index (χ4v) is 2.96. The molecule has 0 fully saturated rings. The van der Waals surface area contributed by atoms with Crippen molar-refractivity contribution in [3.05, 3.63) is 48.2 Å². The second-order valence-electron chi connectivity index (χ2n) is 5.98. The fraction of sp³-hybridized carbons (Fsp3) is 0.263. The summed E-state index contributed by atoms with van der Waals surface area (Å²) in [5, 5.41) is 3.23. The lowest BCUT2D eigenvalue weighted by molar-refractivity contribution is -0.118. The van der Waals surface area contributed by atoms with Gasteiger partial charge in [-0.3, -0.25) is 9.59 Å². The van der Waals surface area contributed by atoms with Gasteiger partial charge in [-0.2, -0.15) is 0 Å². The van der Waals surface area contributed by atoms with Crippen molar-refractivity contribution in [1.29, 1.82) is 0 Å². The SMILES string of the molecule is CCCCN(CC(N)=O)C(=O)c1cc2c(ccc3ccccc32)[nH]1. The average molecular weight is 323 g/mol. The number of hydrogen-bond donors (Lipinski definition) is 2. The lowest BCUT2D eigenvalue weighted by atomic mass is 10.1. The van der Waals surface area contributed by atoms with Crippen LogP contribution in [0, 0.1) is 0 Å². The van der Waals surface area contributed by atoms with Crippen LogP contribution in [0.3, 0.4) is 0 Å². The maximum absolute atomic E-state index is 12.8. The van der Waals surface area contributed by atoms with Crippen LogP contribution >= 0.6 is 0 Å². The van der Waals surface area contributed by atoms with Crippen molar-refractivity contribution in [2.75, 3.05) is 13.1 Å². The van der Waals surface area contributed by atoms with Crippen molar-refractivity contribution in [3.63, 3.8) is 0 Å². The van der Waals surface area contributed by atoms with E-state index in [1.165, 1.54) is 4.90 Å². The number of rotatable bonds is 6. The molecule has 0 aliphatic carbocycles. The lowest BCUT2D eigenvalue weighted by Gasteiger charge is -2.20. The number of amides is 2. The number of hydrogen-bond acceptors (Lipinski definition) is 2. The van der Waals surface area contributed by atoms with Crippen LogP contribution in [0.5, 0.6) is 0 Å². The average Bonchev–Trinajstić information content (AvgIpc) is 3.02. The van der Waals surface area contributed by atoms with Crippen molar-refractivity contribution in [3.8, 4) is 0 Å². The second-order valence-corrected chi connectivity index (χ2v) is 5.98. The number of aromatic nitrogens is 1. The summed E-state index contributed by atoms with van der Waals surface area (Å²) in [7, 11) is 0. The number of H-pyrrole nitrogens is 1. The maximum Gasteiger partial charge on any atom is 0.270 e. The van der Waals surface area contributed by atoms with Crippen molar-refractivity contribution in [2.45, 2.75) is 19.8 Å². The monoisotopic (exact) mass is 323 g/mol. The van der Waals surface area contributed by atoms with Crippen LogP contribution in [-0.2, 0) is 4.79 Å². The summed E-state index contributed by atoms with van der Waals surface area (Å²) < 4.78 is 0. The number of nitrogens with one attached hydrogen (secondary N) is 1. The summed E-state index contributed by atoms with van der Waals surface area (Å²) >= 11 is 0. The fourth-order valence-electron chi connectivity index (χ4n) is 2.96. The quantitative estimate of drug-likeness (QED) is 0.731. The molecule has 0 aliphatic heterocycles. The molecule has 0 aliphatic rings. The van der Waals surface area contributed by atoms with Crippen LogP contribution in [0.25, 0.3) is 21.7 Å². The van der Waals surface area contributed by atoms with Gasteiger partial charge in [-0.25, -0.2) is 0 Å². The third-order valence-electron chi connectivity index (χ3n) is 4.17. The van der Waals surface area contributed by atoms with Gasteiger partial charge in [-0.05, 0) is 29.3 Å². The first-order valence-electron chi connectivity index (χ1n) is 8.18. The van der Waals surface area contributed by atoms with E-state index in [1.54, 1.807) is 0 Å². The molecular weight excluding hydrogens is 302 g/mol. The maximum atomic E-state index is 12.8. The highest BCUT2D eigenvalue weighted by molar-refractivity contribution is 6.10. The van der Waals surface area contributed by atoms with Gasteiger partial charge in [-0.1, -0.05) is 43.7 Å². The minimum absolute atomic E-state index is 0.0606.